The van der Waals surface area contributed by atoms with Crippen molar-refractivity contribution in [2.45, 2.75) is 26.3 Å². The van der Waals surface area contributed by atoms with E-state index in [-0.39, 0.29) is 30.1 Å². The Morgan fingerprint density at radius 3 is 2.35 bits per heavy atom. The summed E-state index contributed by atoms with van der Waals surface area (Å²) in [5.74, 6) is 0.444. The first-order chi connectivity index (χ1) is 11.0. The van der Waals surface area contributed by atoms with Crippen molar-refractivity contribution in [3.63, 3.8) is 0 Å². The minimum atomic E-state index is -0.354. The summed E-state index contributed by atoms with van der Waals surface area (Å²) in [6.45, 7) is 4.08. The molecule has 2 aromatic rings. The number of amides is 1. The van der Waals surface area contributed by atoms with Crippen LogP contribution in [0.1, 0.15) is 31.0 Å². The highest BCUT2D eigenvalue weighted by atomic mass is 19.1. The third-order valence-electron chi connectivity index (χ3n) is 3.77. The molecule has 0 fully saturated rings. The number of nitrogens with one attached hydrogen (secondary N) is 1. The van der Waals surface area contributed by atoms with Crippen LogP contribution in [0.3, 0.4) is 0 Å². The maximum absolute atomic E-state index is 13.7. The fourth-order valence-electron chi connectivity index (χ4n) is 2.49. The molecule has 0 heterocycles. The van der Waals surface area contributed by atoms with Gasteiger partial charge >= 0.3 is 0 Å². The van der Waals surface area contributed by atoms with E-state index in [0.717, 1.165) is 11.3 Å². The molecule has 0 aliphatic rings. The number of hydrogen-bond donors (Lipinski definition) is 1. The van der Waals surface area contributed by atoms with E-state index in [0.29, 0.717) is 5.56 Å². The molecule has 4 heteroatoms. The molecule has 0 saturated carbocycles. The summed E-state index contributed by atoms with van der Waals surface area (Å²) >= 11 is 0. The van der Waals surface area contributed by atoms with E-state index >= 15 is 0 Å². The van der Waals surface area contributed by atoms with Gasteiger partial charge in [0.1, 0.15) is 11.6 Å². The predicted molar refractivity (Wildman–Crippen MR) is 88.8 cm³/mol. The number of rotatable bonds is 6. The second-order valence-corrected chi connectivity index (χ2v) is 5.83. The van der Waals surface area contributed by atoms with Crippen molar-refractivity contribution in [1.29, 1.82) is 0 Å². The minimum absolute atomic E-state index is 0.0338. The lowest BCUT2D eigenvalue weighted by Gasteiger charge is -2.23. The van der Waals surface area contributed by atoms with E-state index < -0.39 is 0 Å². The molecule has 0 saturated heterocycles. The molecule has 0 radical (unpaired) electrons. The Morgan fingerprint density at radius 1 is 1.13 bits per heavy atom. The molecule has 0 aromatic heterocycles. The predicted octanol–water partition coefficient (Wildman–Crippen LogP) is 3.89. The molecule has 1 N–H and O–H groups in total. The highest BCUT2D eigenvalue weighted by molar-refractivity contribution is 5.79. The summed E-state index contributed by atoms with van der Waals surface area (Å²) < 4.78 is 18.8. The average molecular weight is 315 g/mol. The fourth-order valence-corrected chi connectivity index (χ4v) is 2.49. The lowest BCUT2D eigenvalue weighted by atomic mass is 9.95. The van der Waals surface area contributed by atoms with Crippen LogP contribution in [0.5, 0.6) is 5.75 Å². The number of carbonyl (C=O) groups excluding carboxylic acids is 1. The maximum Gasteiger partial charge on any atom is 0.225 e. The monoisotopic (exact) mass is 315 g/mol. The molecule has 2 rings (SSSR count). The van der Waals surface area contributed by atoms with Gasteiger partial charge in [-0.3, -0.25) is 4.79 Å². The van der Waals surface area contributed by atoms with Gasteiger partial charge in [-0.05, 0) is 35.2 Å². The zero-order chi connectivity index (χ0) is 16.8. The summed E-state index contributed by atoms with van der Waals surface area (Å²) in [5, 5.41) is 3.00. The molecule has 23 heavy (non-hydrogen) atoms. The molecule has 1 amide bonds. The number of halogens is 1. The Hall–Kier alpha value is -2.36. The third kappa shape index (κ3) is 4.55. The van der Waals surface area contributed by atoms with E-state index in [1.165, 1.54) is 6.07 Å². The second-order valence-electron chi connectivity index (χ2n) is 5.83. The highest BCUT2D eigenvalue weighted by Gasteiger charge is 2.19. The van der Waals surface area contributed by atoms with E-state index in [2.05, 4.69) is 5.32 Å². The Labute approximate surface area is 136 Å². The van der Waals surface area contributed by atoms with E-state index in [1.807, 2.05) is 38.1 Å². The normalized spacial score (nSPS) is 12.0. The van der Waals surface area contributed by atoms with Crippen LogP contribution in [0.15, 0.2) is 48.5 Å². The zero-order valence-corrected chi connectivity index (χ0v) is 13.7. The molecule has 2 aromatic carbocycles. The second kappa shape index (κ2) is 7.77. The van der Waals surface area contributed by atoms with Gasteiger partial charge in [0.15, 0.2) is 0 Å². The van der Waals surface area contributed by atoms with Crippen LogP contribution in [0.2, 0.25) is 0 Å². The topological polar surface area (TPSA) is 38.3 Å². The van der Waals surface area contributed by atoms with Crippen molar-refractivity contribution in [2.24, 2.45) is 5.92 Å². The summed E-state index contributed by atoms with van der Waals surface area (Å²) in [6.07, 6.45) is 0.0338. The van der Waals surface area contributed by atoms with E-state index in [4.69, 9.17) is 4.74 Å². The van der Waals surface area contributed by atoms with Crippen molar-refractivity contribution in [2.75, 3.05) is 7.11 Å². The highest BCUT2D eigenvalue weighted by Crippen LogP contribution is 2.24. The number of benzene rings is 2. The minimum Gasteiger partial charge on any atom is -0.497 e. The van der Waals surface area contributed by atoms with Crippen molar-refractivity contribution in [3.05, 3.63) is 65.5 Å². The first kappa shape index (κ1) is 17.0. The van der Waals surface area contributed by atoms with E-state index in [9.17, 15) is 9.18 Å². The van der Waals surface area contributed by atoms with Gasteiger partial charge in [0.2, 0.25) is 5.91 Å². The maximum atomic E-state index is 13.7. The number of hydrogen-bond acceptors (Lipinski definition) is 2. The van der Waals surface area contributed by atoms with Crippen LogP contribution in [0, 0.1) is 11.7 Å². The number of carbonyl (C=O) groups is 1. The van der Waals surface area contributed by atoms with Gasteiger partial charge in [0, 0.05) is 0 Å². The van der Waals surface area contributed by atoms with Gasteiger partial charge in [-0.1, -0.05) is 44.2 Å². The molecule has 0 spiro atoms. The van der Waals surface area contributed by atoms with Gasteiger partial charge in [-0.25, -0.2) is 4.39 Å². The van der Waals surface area contributed by atoms with Crippen LogP contribution in [-0.2, 0) is 11.2 Å². The largest absolute Gasteiger partial charge is 0.497 e. The standard InChI is InChI=1S/C19H22FNO2/c1-13(2)19(14-8-10-16(23-3)11-9-14)21-18(22)12-15-6-4-5-7-17(15)20/h4-11,13,19H,12H2,1-3H3,(H,21,22)/t19-/m1/s1. The smallest absolute Gasteiger partial charge is 0.225 e. The van der Waals surface area contributed by atoms with Crippen LogP contribution in [0.25, 0.3) is 0 Å². The van der Waals surface area contributed by atoms with Gasteiger partial charge < -0.3 is 10.1 Å². The van der Waals surface area contributed by atoms with Gasteiger partial charge in [-0.2, -0.15) is 0 Å². The molecule has 1 atom stereocenters. The van der Waals surface area contributed by atoms with Crippen LogP contribution in [0.4, 0.5) is 4.39 Å². The molecule has 0 aliphatic carbocycles. The van der Waals surface area contributed by atoms with Crippen molar-refractivity contribution in [3.8, 4) is 5.75 Å². The molecule has 3 nitrogen and oxygen atoms in total. The molecule has 0 aliphatic heterocycles. The number of ether oxygens (including phenoxy) is 1. The Kier molecular flexibility index (Phi) is 5.74. The van der Waals surface area contributed by atoms with Gasteiger partial charge in [0.05, 0.1) is 19.6 Å². The number of methoxy groups -OCH3 is 1. The average Bonchev–Trinajstić information content (AvgIpc) is 2.55. The Morgan fingerprint density at radius 2 is 1.78 bits per heavy atom. The SMILES string of the molecule is COc1ccc([C@H](NC(=O)Cc2ccccc2F)C(C)C)cc1. The van der Waals surface area contributed by atoms with Gasteiger partial charge in [-0.15, -0.1) is 0 Å². The zero-order valence-electron chi connectivity index (χ0n) is 13.7. The quantitative estimate of drug-likeness (QED) is 0.878. The lowest BCUT2D eigenvalue weighted by Crippen LogP contribution is -2.33. The van der Waals surface area contributed by atoms with Crippen molar-refractivity contribution < 1.29 is 13.9 Å². The summed E-state index contributed by atoms with van der Waals surface area (Å²) in [7, 11) is 1.62. The Bertz CT molecular complexity index is 653. The van der Waals surface area contributed by atoms with Crippen LogP contribution < -0.4 is 10.1 Å². The van der Waals surface area contributed by atoms with Crippen molar-refractivity contribution in [1.82, 2.24) is 5.32 Å². The summed E-state index contributed by atoms with van der Waals surface area (Å²) in [4.78, 5) is 12.3. The first-order valence-corrected chi connectivity index (χ1v) is 7.68. The van der Waals surface area contributed by atoms with E-state index in [1.54, 1.807) is 25.3 Å². The molecular weight excluding hydrogens is 293 g/mol. The van der Waals surface area contributed by atoms with Gasteiger partial charge in [0.25, 0.3) is 0 Å². The summed E-state index contributed by atoms with van der Waals surface area (Å²) in [5.41, 5.74) is 1.41. The lowest BCUT2D eigenvalue weighted by molar-refractivity contribution is -0.121. The first-order valence-electron chi connectivity index (χ1n) is 7.68. The van der Waals surface area contributed by atoms with Crippen LogP contribution >= 0.6 is 0 Å². The molecule has 0 bridgehead atoms. The van der Waals surface area contributed by atoms with Crippen molar-refractivity contribution >= 4 is 5.91 Å². The fraction of sp³-hybridized carbons (Fsp3) is 0.316. The molecule has 0 unspecified atom stereocenters. The summed E-state index contributed by atoms with van der Waals surface area (Å²) in [6, 6.07) is 13.8. The van der Waals surface area contributed by atoms with Crippen LogP contribution in [-0.4, -0.2) is 13.0 Å². The third-order valence-corrected chi connectivity index (χ3v) is 3.77. The molecule has 122 valence electrons. The Balaban J connectivity index is 2.09. The molecular formula is C19H22FNO2.